The quantitative estimate of drug-likeness (QED) is 0.0262. The maximum Gasteiger partial charge on any atom is 0.306 e. The van der Waals surface area contributed by atoms with Crippen LogP contribution in [-0.4, -0.2) is 37.2 Å². The molecule has 0 heterocycles. The Kier molecular flexibility index (Phi) is 51.9. The van der Waals surface area contributed by atoms with Crippen LogP contribution < -0.4 is 0 Å². The van der Waals surface area contributed by atoms with Gasteiger partial charge in [-0.3, -0.25) is 14.4 Å². The normalized spacial score (nSPS) is 12.6. The van der Waals surface area contributed by atoms with Crippen molar-refractivity contribution in [3.8, 4) is 0 Å². The topological polar surface area (TPSA) is 78.9 Å². The number of rotatable bonds is 50. The largest absolute Gasteiger partial charge is 0.462 e. The van der Waals surface area contributed by atoms with E-state index in [0.717, 1.165) is 109 Å². The Balaban J connectivity index is 4.28. The minimum absolute atomic E-state index is 0.0805. The van der Waals surface area contributed by atoms with Gasteiger partial charge < -0.3 is 14.2 Å². The smallest absolute Gasteiger partial charge is 0.306 e. The first-order valence-corrected chi connectivity index (χ1v) is 27.9. The van der Waals surface area contributed by atoms with Gasteiger partial charge in [-0.1, -0.05) is 235 Å². The Morgan fingerprint density at radius 1 is 0.318 bits per heavy atom. The molecule has 1 unspecified atom stereocenters. The third-order valence-corrected chi connectivity index (χ3v) is 11.9. The highest BCUT2D eigenvalue weighted by molar-refractivity contribution is 5.71. The summed E-state index contributed by atoms with van der Waals surface area (Å²) in [6.45, 7) is 6.49. The Labute approximate surface area is 408 Å². The van der Waals surface area contributed by atoms with E-state index >= 15 is 0 Å². The number of carbonyl (C=O) groups is 3. The van der Waals surface area contributed by atoms with Gasteiger partial charge in [0.15, 0.2) is 6.10 Å². The summed E-state index contributed by atoms with van der Waals surface area (Å²) in [4.78, 5) is 38.0. The first-order valence-electron chi connectivity index (χ1n) is 27.9. The van der Waals surface area contributed by atoms with E-state index in [1.54, 1.807) is 0 Å². The summed E-state index contributed by atoms with van der Waals surface area (Å²) >= 11 is 0. The van der Waals surface area contributed by atoms with Crippen LogP contribution in [0.3, 0.4) is 0 Å². The molecule has 0 aliphatic heterocycles. The van der Waals surface area contributed by atoms with Crippen molar-refractivity contribution in [1.82, 2.24) is 0 Å². The van der Waals surface area contributed by atoms with Crippen molar-refractivity contribution in [2.75, 3.05) is 13.2 Å². The number of hydrogen-bond donors (Lipinski definition) is 0. The average Bonchev–Trinajstić information content (AvgIpc) is 3.31. The molecule has 6 nitrogen and oxygen atoms in total. The molecule has 0 rings (SSSR count). The van der Waals surface area contributed by atoms with Gasteiger partial charge in [-0.05, 0) is 89.9 Å². The lowest BCUT2D eigenvalue weighted by atomic mass is 10.1. The second-order valence-corrected chi connectivity index (χ2v) is 18.5. The van der Waals surface area contributed by atoms with Gasteiger partial charge in [0.1, 0.15) is 13.2 Å². The minimum Gasteiger partial charge on any atom is -0.462 e. The zero-order chi connectivity index (χ0) is 47.9. The summed E-state index contributed by atoms with van der Waals surface area (Å²) in [5.41, 5.74) is 0. The fourth-order valence-electron chi connectivity index (χ4n) is 7.76. The molecule has 0 aliphatic carbocycles. The van der Waals surface area contributed by atoms with Gasteiger partial charge in [0.25, 0.3) is 0 Å². The van der Waals surface area contributed by atoms with Crippen molar-refractivity contribution in [2.24, 2.45) is 0 Å². The summed E-state index contributed by atoms with van der Waals surface area (Å²) in [6.07, 6.45) is 68.9. The Morgan fingerprint density at radius 2 is 0.591 bits per heavy atom. The Bertz CT molecular complexity index is 1240. The summed E-state index contributed by atoms with van der Waals surface area (Å²) in [6, 6.07) is 0. The second kappa shape index (κ2) is 54.5. The van der Waals surface area contributed by atoms with Crippen LogP contribution in [0.2, 0.25) is 0 Å². The molecule has 0 amide bonds. The third-order valence-electron chi connectivity index (χ3n) is 11.9. The van der Waals surface area contributed by atoms with E-state index in [1.165, 1.54) is 122 Å². The van der Waals surface area contributed by atoms with E-state index in [-0.39, 0.29) is 31.1 Å². The number of esters is 3. The second-order valence-electron chi connectivity index (χ2n) is 18.5. The van der Waals surface area contributed by atoms with Gasteiger partial charge in [0.2, 0.25) is 0 Å². The zero-order valence-electron chi connectivity index (χ0n) is 43.4. The van der Waals surface area contributed by atoms with Crippen LogP contribution >= 0.6 is 0 Å². The lowest BCUT2D eigenvalue weighted by Gasteiger charge is -2.18. The van der Waals surface area contributed by atoms with Crippen LogP contribution in [0, 0.1) is 0 Å². The standard InChI is InChI=1S/C60H104O6/c1-4-7-10-13-16-19-21-23-25-27-28-29-30-31-32-33-35-36-38-41-44-47-50-53-59(62)65-56-57(55-64-58(61)52-49-46-43-40-18-15-12-9-6-3)66-60(63)54-51-48-45-42-39-37-34-26-24-22-20-17-14-11-8-5-2/h7,10,16,19-20,22-23,25-26,28-29,34,57H,4-6,8-9,11-15,17-18,21,24,27,30-33,35-56H2,1-3H3/b10-7-,19-16-,22-20-,25-23-,29-28-,34-26-. The minimum atomic E-state index is -0.782. The van der Waals surface area contributed by atoms with Crippen molar-refractivity contribution in [1.29, 1.82) is 0 Å². The first kappa shape index (κ1) is 62.8. The van der Waals surface area contributed by atoms with Gasteiger partial charge >= 0.3 is 17.9 Å². The molecular weight excluding hydrogens is 817 g/mol. The first-order chi connectivity index (χ1) is 32.5. The number of unbranched alkanes of at least 4 members (excludes halogenated alkanes) is 27. The lowest BCUT2D eigenvalue weighted by Crippen LogP contribution is -2.30. The van der Waals surface area contributed by atoms with Crippen molar-refractivity contribution in [3.05, 3.63) is 72.9 Å². The van der Waals surface area contributed by atoms with Crippen molar-refractivity contribution >= 4 is 17.9 Å². The van der Waals surface area contributed by atoms with Crippen LogP contribution in [0.4, 0.5) is 0 Å². The zero-order valence-corrected chi connectivity index (χ0v) is 43.4. The molecule has 380 valence electrons. The van der Waals surface area contributed by atoms with Gasteiger partial charge in [0, 0.05) is 19.3 Å². The molecule has 0 saturated carbocycles. The molecular formula is C60H104O6. The molecule has 0 saturated heterocycles. The van der Waals surface area contributed by atoms with E-state index in [2.05, 4.69) is 93.7 Å². The van der Waals surface area contributed by atoms with Crippen LogP contribution in [0.1, 0.15) is 271 Å². The van der Waals surface area contributed by atoms with E-state index in [4.69, 9.17) is 14.2 Å². The highest BCUT2D eigenvalue weighted by Crippen LogP contribution is 2.15. The summed E-state index contributed by atoms with van der Waals surface area (Å²) in [7, 11) is 0. The van der Waals surface area contributed by atoms with Crippen LogP contribution in [0.15, 0.2) is 72.9 Å². The maximum atomic E-state index is 12.8. The maximum absolute atomic E-state index is 12.8. The van der Waals surface area contributed by atoms with E-state index < -0.39 is 6.10 Å². The monoisotopic (exact) mass is 921 g/mol. The summed E-state index contributed by atoms with van der Waals surface area (Å²) < 4.78 is 16.8. The fourth-order valence-corrected chi connectivity index (χ4v) is 7.76. The predicted molar refractivity (Wildman–Crippen MR) is 284 cm³/mol. The molecule has 0 aliphatic rings. The molecule has 0 radical (unpaired) electrons. The molecule has 0 N–H and O–H groups in total. The van der Waals surface area contributed by atoms with Crippen molar-refractivity contribution in [3.63, 3.8) is 0 Å². The van der Waals surface area contributed by atoms with Crippen LogP contribution in [0.5, 0.6) is 0 Å². The fraction of sp³-hybridized carbons (Fsp3) is 0.750. The molecule has 0 aromatic rings. The number of carbonyl (C=O) groups excluding carboxylic acids is 3. The predicted octanol–water partition coefficient (Wildman–Crippen LogP) is 18.6. The van der Waals surface area contributed by atoms with Gasteiger partial charge in [-0.15, -0.1) is 0 Å². The summed E-state index contributed by atoms with van der Waals surface area (Å²) in [5.74, 6) is -0.896. The van der Waals surface area contributed by atoms with Gasteiger partial charge in [-0.2, -0.15) is 0 Å². The average molecular weight is 921 g/mol. The SMILES string of the molecule is CC/C=C\C/C=C\C/C=C\C/C=C\CCCCCCCCCCCCC(=O)OCC(COC(=O)CCCCCCCCCCC)OC(=O)CCCCCCC/C=C\C/C=C\CCCCCC. The highest BCUT2D eigenvalue weighted by atomic mass is 16.6. The molecule has 6 heteroatoms. The molecule has 0 bridgehead atoms. The van der Waals surface area contributed by atoms with Gasteiger partial charge in [0.05, 0.1) is 0 Å². The number of hydrogen-bond acceptors (Lipinski definition) is 6. The molecule has 0 aromatic carbocycles. The molecule has 0 aromatic heterocycles. The van der Waals surface area contributed by atoms with Gasteiger partial charge in [-0.25, -0.2) is 0 Å². The molecule has 1 atom stereocenters. The number of allylic oxidation sites excluding steroid dienone is 12. The molecule has 66 heavy (non-hydrogen) atoms. The van der Waals surface area contributed by atoms with E-state index in [9.17, 15) is 14.4 Å². The summed E-state index contributed by atoms with van der Waals surface area (Å²) in [5, 5.41) is 0. The molecule has 0 fully saturated rings. The van der Waals surface area contributed by atoms with E-state index in [1.807, 2.05) is 0 Å². The lowest BCUT2D eigenvalue weighted by molar-refractivity contribution is -0.167. The van der Waals surface area contributed by atoms with Crippen molar-refractivity contribution in [2.45, 2.75) is 277 Å². The molecule has 0 spiro atoms. The van der Waals surface area contributed by atoms with Crippen LogP contribution in [-0.2, 0) is 28.6 Å². The van der Waals surface area contributed by atoms with Crippen molar-refractivity contribution < 1.29 is 28.6 Å². The highest BCUT2D eigenvalue weighted by Gasteiger charge is 2.19. The van der Waals surface area contributed by atoms with E-state index in [0.29, 0.717) is 19.3 Å². The number of ether oxygens (including phenoxy) is 3. The third kappa shape index (κ3) is 51.8. The Hall–Kier alpha value is -3.15. The Morgan fingerprint density at radius 3 is 0.939 bits per heavy atom. The van der Waals surface area contributed by atoms with Crippen LogP contribution in [0.25, 0.3) is 0 Å².